The van der Waals surface area contributed by atoms with E-state index >= 15 is 0 Å². The molecule has 0 amide bonds. The monoisotopic (exact) mass is 281 g/mol. The van der Waals surface area contributed by atoms with Gasteiger partial charge in [-0.1, -0.05) is 13.8 Å². The molecule has 7 nitrogen and oxygen atoms in total. The fourth-order valence-corrected chi connectivity index (χ4v) is 2.10. The summed E-state index contributed by atoms with van der Waals surface area (Å²) >= 11 is 0. The highest BCUT2D eigenvalue weighted by Crippen LogP contribution is 2.25. The standard InChI is InChI=1S/C8H12ClN3O4S/c1-6(2)3-4-11-5-7(17(9,15)16)8(10-11)12(13)14/h5-6H,3-4H2,1-2H3. The predicted octanol–water partition coefficient (Wildman–Crippen LogP) is 1.76. The Bertz CT molecular complexity index is 523. The molecule has 0 saturated carbocycles. The lowest BCUT2D eigenvalue weighted by molar-refractivity contribution is -0.392. The van der Waals surface area contributed by atoms with E-state index in [2.05, 4.69) is 5.10 Å². The fourth-order valence-electron chi connectivity index (χ4n) is 1.20. The van der Waals surface area contributed by atoms with E-state index in [4.69, 9.17) is 10.7 Å². The minimum Gasteiger partial charge on any atom is -0.358 e. The quantitative estimate of drug-likeness (QED) is 0.465. The zero-order chi connectivity index (χ0) is 13.2. The second-order valence-electron chi connectivity index (χ2n) is 3.96. The van der Waals surface area contributed by atoms with E-state index in [0.717, 1.165) is 12.6 Å². The zero-order valence-corrected chi connectivity index (χ0v) is 10.9. The van der Waals surface area contributed by atoms with Gasteiger partial charge in [0.2, 0.25) is 4.90 Å². The summed E-state index contributed by atoms with van der Waals surface area (Å²) in [7, 11) is 0.949. The minimum absolute atomic E-state index is 0.384. The second-order valence-corrected chi connectivity index (χ2v) is 6.49. The van der Waals surface area contributed by atoms with E-state index < -0.39 is 24.7 Å². The maximum absolute atomic E-state index is 11.1. The molecule has 1 heterocycles. The average molecular weight is 282 g/mol. The lowest BCUT2D eigenvalue weighted by Gasteiger charge is -2.00. The summed E-state index contributed by atoms with van der Waals surface area (Å²) in [6.45, 7) is 4.37. The molecule has 0 radical (unpaired) electrons. The molecule has 0 atom stereocenters. The summed E-state index contributed by atoms with van der Waals surface area (Å²) in [6.07, 6.45) is 1.82. The van der Waals surface area contributed by atoms with Gasteiger partial charge >= 0.3 is 5.82 Å². The summed E-state index contributed by atoms with van der Waals surface area (Å²) in [6, 6.07) is 0. The predicted molar refractivity (Wildman–Crippen MR) is 61.4 cm³/mol. The summed E-state index contributed by atoms with van der Waals surface area (Å²) in [5.41, 5.74) is 0. The summed E-state index contributed by atoms with van der Waals surface area (Å²) < 4.78 is 23.5. The Morgan fingerprint density at radius 1 is 1.59 bits per heavy atom. The molecule has 0 aliphatic rings. The SMILES string of the molecule is CC(C)CCn1cc(S(=O)(=O)Cl)c([N+](=O)[O-])n1. The number of aryl methyl sites for hydroxylation is 1. The molecular weight excluding hydrogens is 270 g/mol. The molecule has 0 spiro atoms. The normalized spacial score (nSPS) is 12.0. The molecule has 0 saturated heterocycles. The Balaban J connectivity index is 3.09. The molecule has 0 N–H and O–H groups in total. The van der Waals surface area contributed by atoms with E-state index in [1.807, 2.05) is 13.8 Å². The molecule has 9 heteroatoms. The Morgan fingerprint density at radius 3 is 2.53 bits per heavy atom. The van der Waals surface area contributed by atoms with Gasteiger partial charge in [0.05, 0.1) is 17.8 Å². The molecule has 0 fully saturated rings. The molecule has 0 aromatic carbocycles. The Labute approximate surface area is 103 Å². The largest absolute Gasteiger partial charge is 0.410 e. The van der Waals surface area contributed by atoms with Crippen LogP contribution in [-0.4, -0.2) is 23.1 Å². The van der Waals surface area contributed by atoms with Crippen LogP contribution in [0.25, 0.3) is 0 Å². The van der Waals surface area contributed by atoms with Crippen LogP contribution in [0.1, 0.15) is 20.3 Å². The zero-order valence-electron chi connectivity index (χ0n) is 9.33. The molecular formula is C8H12ClN3O4S. The first-order valence-corrected chi connectivity index (χ1v) is 7.19. The highest BCUT2D eigenvalue weighted by atomic mass is 35.7. The third kappa shape index (κ3) is 3.67. The van der Waals surface area contributed by atoms with Gasteiger partial charge in [-0.3, -0.25) is 0 Å². The maximum Gasteiger partial charge on any atom is 0.410 e. The molecule has 0 bridgehead atoms. The molecule has 0 unspecified atom stereocenters. The van der Waals surface area contributed by atoms with Crippen molar-refractivity contribution in [3.05, 3.63) is 16.3 Å². The fraction of sp³-hybridized carbons (Fsp3) is 0.625. The first-order valence-electron chi connectivity index (χ1n) is 4.88. The van der Waals surface area contributed by atoms with Crippen molar-refractivity contribution < 1.29 is 13.3 Å². The summed E-state index contributed by atoms with van der Waals surface area (Å²) in [4.78, 5) is 9.20. The Morgan fingerprint density at radius 2 is 2.18 bits per heavy atom. The van der Waals surface area contributed by atoms with Crippen LogP contribution in [0.5, 0.6) is 0 Å². The summed E-state index contributed by atoms with van der Waals surface area (Å²) in [5.74, 6) is -0.349. The van der Waals surface area contributed by atoms with Crippen molar-refractivity contribution in [2.75, 3.05) is 0 Å². The number of aromatic nitrogens is 2. The molecule has 1 aromatic rings. The Hall–Kier alpha value is -1.15. The third-order valence-corrected chi connectivity index (χ3v) is 3.39. The molecule has 1 aromatic heterocycles. The van der Waals surface area contributed by atoms with Crippen LogP contribution < -0.4 is 0 Å². The third-order valence-electron chi connectivity index (χ3n) is 2.08. The van der Waals surface area contributed by atoms with Crippen molar-refractivity contribution >= 4 is 25.6 Å². The van der Waals surface area contributed by atoms with Crippen molar-refractivity contribution in [2.45, 2.75) is 31.7 Å². The number of nitro groups is 1. The topological polar surface area (TPSA) is 95.1 Å². The highest BCUT2D eigenvalue weighted by Gasteiger charge is 2.29. The molecule has 96 valence electrons. The van der Waals surface area contributed by atoms with Crippen molar-refractivity contribution in [3.8, 4) is 0 Å². The van der Waals surface area contributed by atoms with Crippen LogP contribution in [-0.2, 0) is 15.6 Å². The van der Waals surface area contributed by atoms with Crippen LogP contribution in [0.2, 0.25) is 0 Å². The van der Waals surface area contributed by atoms with Gasteiger partial charge in [0.1, 0.15) is 0 Å². The van der Waals surface area contributed by atoms with Crippen LogP contribution in [0.3, 0.4) is 0 Å². The second kappa shape index (κ2) is 5.01. The first kappa shape index (κ1) is 13.9. The van der Waals surface area contributed by atoms with Crippen LogP contribution >= 0.6 is 10.7 Å². The van der Waals surface area contributed by atoms with Gasteiger partial charge < -0.3 is 10.1 Å². The van der Waals surface area contributed by atoms with E-state index in [1.165, 1.54) is 4.68 Å². The number of hydrogen-bond acceptors (Lipinski definition) is 5. The molecule has 1 rings (SSSR count). The van der Waals surface area contributed by atoms with Gasteiger partial charge in [-0.05, 0) is 17.3 Å². The smallest absolute Gasteiger partial charge is 0.358 e. The Kier molecular flexibility index (Phi) is 4.10. The molecule has 17 heavy (non-hydrogen) atoms. The van der Waals surface area contributed by atoms with Crippen LogP contribution in [0, 0.1) is 16.0 Å². The average Bonchev–Trinajstić information content (AvgIpc) is 2.57. The van der Waals surface area contributed by atoms with Crippen LogP contribution in [0.15, 0.2) is 11.1 Å². The van der Waals surface area contributed by atoms with Crippen LogP contribution in [0.4, 0.5) is 5.82 Å². The highest BCUT2D eigenvalue weighted by molar-refractivity contribution is 8.13. The van der Waals surface area contributed by atoms with Gasteiger partial charge in [0, 0.05) is 10.7 Å². The molecule has 0 aliphatic heterocycles. The maximum atomic E-state index is 11.1. The van der Waals surface area contributed by atoms with E-state index in [0.29, 0.717) is 12.5 Å². The number of nitrogens with zero attached hydrogens (tertiary/aromatic N) is 3. The van der Waals surface area contributed by atoms with Gasteiger partial charge in [-0.2, -0.15) is 4.68 Å². The molecule has 0 aliphatic carbocycles. The van der Waals surface area contributed by atoms with Crippen molar-refractivity contribution in [1.29, 1.82) is 0 Å². The van der Waals surface area contributed by atoms with Crippen molar-refractivity contribution in [3.63, 3.8) is 0 Å². The van der Waals surface area contributed by atoms with Crippen molar-refractivity contribution in [2.24, 2.45) is 5.92 Å². The van der Waals surface area contributed by atoms with Gasteiger partial charge in [-0.25, -0.2) is 8.42 Å². The number of halogens is 1. The van der Waals surface area contributed by atoms with Crippen molar-refractivity contribution in [1.82, 2.24) is 9.78 Å². The van der Waals surface area contributed by atoms with Gasteiger partial charge in [0.15, 0.2) is 0 Å². The number of hydrogen-bond donors (Lipinski definition) is 0. The van der Waals surface area contributed by atoms with E-state index in [1.54, 1.807) is 0 Å². The first-order chi connectivity index (χ1) is 7.71. The van der Waals surface area contributed by atoms with E-state index in [9.17, 15) is 18.5 Å². The van der Waals surface area contributed by atoms with Gasteiger partial charge in [0.25, 0.3) is 9.05 Å². The minimum atomic E-state index is -4.15. The lowest BCUT2D eigenvalue weighted by Crippen LogP contribution is -2.02. The number of rotatable bonds is 5. The van der Waals surface area contributed by atoms with E-state index in [-0.39, 0.29) is 0 Å². The van der Waals surface area contributed by atoms with Gasteiger partial charge in [-0.15, -0.1) is 0 Å². The lowest BCUT2D eigenvalue weighted by atomic mass is 10.1. The summed E-state index contributed by atoms with van der Waals surface area (Å²) in [5, 5.41) is 14.2.